The van der Waals surface area contributed by atoms with Gasteiger partial charge >= 0.3 is 0 Å². The van der Waals surface area contributed by atoms with Crippen LogP contribution in [0.1, 0.15) is 74.5 Å². The number of nitrogens with two attached hydrogens (primary N) is 1. The highest BCUT2D eigenvalue weighted by atomic mass is 32.1. The number of unbranched alkanes of at least 4 members (excludes halogenated alkanes) is 1. The van der Waals surface area contributed by atoms with Gasteiger partial charge in [-0.15, -0.1) is 11.3 Å². The van der Waals surface area contributed by atoms with E-state index >= 15 is 0 Å². The van der Waals surface area contributed by atoms with Gasteiger partial charge in [-0.1, -0.05) is 43.9 Å². The summed E-state index contributed by atoms with van der Waals surface area (Å²) in [5.74, 6) is 7.60. The summed E-state index contributed by atoms with van der Waals surface area (Å²) in [4.78, 5) is 2.46. The van der Waals surface area contributed by atoms with Crippen LogP contribution in [0, 0.1) is 17.8 Å². The largest absolute Gasteiger partial charge is 0.394 e. The molecule has 0 saturated heterocycles. The Morgan fingerprint density at radius 3 is 2.83 bits per heavy atom. The molecule has 128 valence electrons. The quantitative estimate of drug-likeness (QED) is 0.570. The third kappa shape index (κ3) is 7.08. The second kappa shape index (κ2) is 9.47. The summed E-state index contributed by atoms with van der Waals surface area (Å²) in [6.07, 6.45) is 12.6. The van der Waals surface area contributed by atoms with E-state index in [-0.39, 0.29) is 6.61 Å². The predicted octanol–water partition coefficient (Wildman–Crippen LogP) is 4.49. The first-order chi connectivity index (χ1) is 11.1. The topological polar surface area (TPSA) is 46.2 Å². The molecular formula is C20H31NOS. The second-order valence-electron chi connectivity index (χ2n) is 7.28. The Kier molecular flexibility index (Phi) is 7.62. The third-order valence-electron chi connectivity index (χ3n) is 4.82. The number of hydrogen-bond acceptors (Lipinski definition) is 3. The monoisotopic (exact) mass is 333 g/mol. The van der Waals surface area contributed by atoms with Crippen molar-refractivity contribution in [3.63, 3.8) is 0 Å². The standard InChI is InChI=1S/C20H31NOS/c1-20(21,16-22)15-14-19-13-12-18(23-19)11-7-3-6-10-17-8-4-2-5-9-17/h12-13,17,22H,2-6,8-10,14-16,21H2,1H3/t20-/m0/s1. The lowest BCUT2D eigenvalue weighted by atomic mass is 9.86. The van der Waals surface area contributed by atoms with Crippen molar-refractivity contribution in [1.29, 1.82) is 0 Å². The average Bonchev–Trinajstić information content (AvgIpc) is 3.02. The van der Waals surface area contributed by atoms with Crippen LogP contribution in [0.25, 0.3) is 0 Å². The van der Waals surface area contributed by atoms with Crippen LogP contribution < -0.4 is 5.73 Å². The fourth-order valence-corrected chi connectivity index (χ4v) is 4.05. The molecule has 1 aromatic rings. The smallest absolute Gasteiger partial charge is 0.0771 e. The molecule has 2 rings (SSSR count). The number of thiophene rings is 1. The van der Waals surface area contributed by atoms with Crippen LogP contribution in [-0.4, -0.2) is 17.3 Å². The van der Waals surface area contributed by atoms with E-state index in [1.807, 2.05) is 6.92 Å². The first-order valence-corrected chi connectivity index (χ1v) is 9.88. The number of hydrogen-bond donors (Lipinski definition) is 2. The molecular weight excluding hydrogens is 302 g/mol. The zero-order chi connectivity index (χ0) is 16.5. The summed E-state index contributed by atoms with van der Waals surface area (Å²) in [6, 6.07) is 4.26. The minimum Gasteiger partial charge on any atom is -0.394 e. The lowest BCUT2D eigenvalue weighted by molar-refractivity contribution is 0.201. The van der Waals surface area contributed by atoms with Gasteiger partial charge in [-0.2, -0.15) is 0 Å². The molecule has 1 atom stereocenters. The Balaban J connectivity index is 1.68. The number of aliphatic hydroxyl groups excluding tert-OH is 1. The van der Waals surface area contributed by atoms with Gasteiger partial charge in [-0.3, -0.25) is 0 Å². The summed E-state index contributed by atoms with van der Waals surface area (Å²) in [5.41, 5.74) is 5.50. The second-order valence-corrected chi connectivity index (χ2v) is 8.44. The molecule has 1 saturated carbocycles. The summed E-state index contributed by atoms with van der Waals surface area (Å²) in [5, 5.41) is 9.19. The van der Waals surface area contributed by atoms with Gasteiger partial charge in [-0.25, -0.2) is 0 Å². The van der Waals surface area contributed by atoms with Crippen LogP contribution in [0.15, 0.2) is 12.1 Å². The van der Waals surface area contributed by atoms with Crippen molar-refractivity contribution in [2.45, 2.75) is 76.7 Å². The van der Waals surface area contributed by atoms with Gasteiger partial charge in [0.2, 0.25) is 0 Å². The Bertz CT molecular complexity index is 517. The summed E-state index contributed by atoms with van der Waals surface area (Å²) in [7, 11) is 0. The van der Waals surface area contributed by atoms with Gasteiger partial charge in [0.15, 0.2) is 0 Å². The van der Waals surface area contributed by atoms with E-state index in [4.69, 9.17) is 5.73 Å². The molecule has 1 aliphatic rings. The highest BCUT2D eigenvalue weighted by Gasteiger charge is 2.17. The molecule has 0 spiro atoms. The molecule has 0 radical (unpaired) electrons. The maximum Gasteiger partial charge on any atom is 0.0771 e. The molecule has 0 amide bonds. The first-order valence-electron chi connectivity index (χ1n) is 9.06. The zero-order valence-electron chi connectivity index (χ0n) is 14.4. The van der Waals surface area contributed by atoms with E-state index in [0.29, 0.717) is 0 Å². The Morgan fingerprint density at radius 2 is 2.09 bits per heavy atom. The van der Waals surface area contributed by atoms with Crippen LogP contribution in [-0.2, 0) is 6.42 Å². The molecule has 0 aliphatic heterocycles. The van der Waals surface area contributed by atoms with E-state index in [2.05, 4.69) is 24.0 Å². The molecule has 1 heterocycles. The molecule has 0 unspecified atom stereocenters. The average molecular weight is 334 g/mol. The van der Waals surface area contributed by atoms with Crippen molar-refractivity contribution in [3.05, 3.63) is 21.9 Å². The van der Waals surface area contributed by atoms with Gasteiger partial charge in [0.1, 0.15) is 0 Å². The van der Waals surface area contributed by atoms with Gasteiger partial charge in [0.25, 0.3) is 0 Å². The summed E-state index contributed by atoms with van der Waals surface area (Å²) >= 11 is 1.76. The maximum absolute atomic E-state index is 9.19. The van der Waals surface area contributed by atoms with E-state index in [0.717, 1.165) is 30.1 Å². The van der Waals surface area contributed by atoms with Crippen LogP contribution >= 0.6 is 11.3 Å². The molecule has 0 aromatic carbocycles. The summed E-state index contributed by atoms with van der Waals surface area (Å²) in [6.45, 7) is 1.93. The minimum absolute atomic E-state index is 0.0338. The first kappa shape index (κ1) is 18.5. The fraction of sp³-hybridized carbons (Fsp3) is 0.700. The van der Waals surface area contributed by atoms with Crippen molar-refractivity contribution in [2.75, 3.05) is 6.61 Å². The Morgan fingerprint density at radius 1 is 1.30 bits per heavy atom. The van der Waals surface area contributed by atoms with Crippen LogP contribution in [0.4, 0.5) is 0 Å². The maximum atomic E-state index is 9.19. The van der Waals surface area contributed by atoms with Gasteiger partial charge in [-0.05, 0) is 50.7 Å². The van der Waals surface area contributed by atoms with E-state index in [1.165, 1.54) is 49.8 Å². The molecule has 0 bridgehead atoms. The predicted molar refractivity (Wildman–Crippen MR) is 99.6 cm³/mol. The van der Waals surface area contributed by atoms with Crippen molar-refractivity contribution >= 4 is 11.3 Å². The van der Waals surface area contributed by atoms with E-state index in [1.54, 1.807) is 11.3 Å². The number of aryl methyl sites for hydroxylation is 1. The highest BCUT2D eigenvalue weighted by Crippen LogP contribution is 2.27. The van der Waals surface area contributed by atoms with E-state index in [9.17, 15) is 5.11 Å². The van der Waals surface area contributed by atoms with E-state index < -0.39 is 5.54 Å². The molecule has 3 N–H and O–H groups in total. The van der Waals surface area contributed by atoms with Gasteiger partial charge in [0.05, 0.1) is 11.5 Å². The fourth-order valence-electron chi connectivity index (χ4n) is 3.17. The van der Waals surface area contributed by atoms with Gasteiger partial charge in [0, 0.05) is 16.8 Å². The molecule has 1 aliphatic carbocycles. The SMILES string of the molecule is C[C@@](N)(CO)CCc1ccc(C#CCCCC2CCCCC2)s1. The third-order valence-corrected chi connectivity index (χ3v) is 5.88. The lowest BCUT2D eigenvalue weighted by Crippen LogP contribution is -2.40. The minimum atomic E-state index is -0.477. The van der Waals surface area contributed by atoms with Crippen molar-refractivity contribution in [3.8, 4) is 11.8 Å². The zero-order valence-corrected chi connectivity index (χ0v) is 15.3. The van der Waals surface area contributed by atoms with Crippen molar-refractivity contribution in [2.24, 2.45) is 11.7 Å². The van der Waals surface area contributed by atoms with Crippen LogP contribution in [0.2, 0.25) is 0 Å². The molecule has 2 nitrogen and oxygen atoms in total. The molecule has 23 heavy (non-hydrogen) atoms. The Hall–Kier alpha value is -0.820. The molecule has 3 heteroatoms. The normalized spacial score (nSPS) is 18.2. The van der Waals surface area contributed by atoms with Crippen LogP contribution in [0.5, 0.6) is 0 Å². The highest BCUT2D eigenvalue weighted by molar-refractivity contribution is 7.12. The Labute approximate surface area is 145 Å². The van der Waals surface area contributed by atoms with Gasteiger partial charge < -0.3 is 10.8 Å². The van der Waals surface area contributed by atoms with Crippen molar-refractivity contribution < 1.29 is 5.11 Å². The number of aliphatic hydroxyl groups is 1. The summed E-state index contributed by atoms with van der Waals surface area (Å²) < 4.78 is 0. The van der Waals surface area contributed by atoms with Crippen molar-refractivity contribution in [1.82, 2.24) is 0 Å². The lowest BCUT2D eigenvalue weighted by Gasteiger charge is -2.20. The molecule has 1 fully saturated rings. The molecule has 1 aromatic heterocycles. The van der Waals surface area contributed by atoms with Crippen LogP contribution in [0.3, 0.4) is 0 Å². The number of rotatable bonds is 7.